The number of carbonyl (C=O) groups excluding carboxylic acids is 4. The SMILES string of the molecule is CCC(C)NC(=O)C(C)N(Cc1cccc(Cl)c1)C(=O)CCN1C(=O)[C@H]2CC=CC[C@H]2C1=O. The zero-order chi connectivity index (χ0) is 24.1. The molecule has 0 spiro atoms. The van der Waals surface area contributed by atoms with Gasteiger partial charge in [-0.15, -0.1) is 0 Å². The Balaban J connectivity index is 1.72. The van der Waals surface area contributed by atoms with E-state index < -0.39 is 6.04 Å². The largest absolute Gasteiger partial charge is 0.352 e. The molecular formula is C25H32ClN3O4. The molecule has 4 amide bonds. The number of hydrogen-bond donors (Lipinski definition) is 1. The van der Waals surface area contributed by atoms with Crippen LogP contribution in [-0.4, -0.2) is 52.1 Å². The van der Waals surface area contributed by atoms with E-state index in [9.17, 15) is 19.2 Å². The van der Waals surface area contributed by atoms with E-state index in [1.165, 1.54) is 9.80 Å². The van der Waals surface area contributed by atoms with Crippen molar-refractivity contribution in [2.45, 2.75) is 65.1 Å². The lowest BCUT2D eigenvalue weighted by atomic mass is 9.85. The van der Waals surface area contributed by atoms with Crippen LogP contribution in [0.15, 0.2) is 36.4 Å². The van der Waals surface area contributed by atoms with E-state index in [0.29, 0.717) is 17.9 Å². The number of imide groups is 1. The first kappa shape index (κ1) is 25.0. The van der Waals surface area contributed by atoms with Gasteiger partial charge in [0, 0.05) is 30.6 Å². The third-order valence-corrected chi connectivity index (χ3v) is 6.79. The van der Waals surface area contributed by atoms with Crippen LogP contribution in [0, 0.1) is 11.8 Å². The van der Waals surface area contributed by atoms with Gasteiger partial charge in [0.15, 0.2) is 0 Å². The molecule has 1 fully saturated rings. The molecule has 0 saturated carbocycles. The molecule has 33 heavy (non-hydrogen) atoms. The van der Waals surface area contributed by atoms with Gasteiger partial charge in [-0.05, 0) is 50.8 Å². The standard InChI is InChI=1S/C25H32ClN3O4/c1-4-16(2)27-23(31)17(3)29(15-18-8-7-9-19(26)14-18)22(30)12-13-28-24(32)20-10-5-6-11-21(20)25(28)33/h5-9,14,16-17,20-21H,4,10-13,15H2,1-3H3,(H,27,31)/t16?,17?,20-,21+. The van der Waals surface area contributed by atoms with Gasteiger partial charge in [-0.3, -0.25) is 24.1 Å². The van der Waals surface area contributed by atoms with E-state index in [-0.39, 0.29) is 61.0 Å². The predicted octanol–water partition coefficient (Wildman–Crippen LogP) is 3.31. The maximum Gasteiger partial charge on any atom is 0.242 e. The second kappa shape index (κ2) is 11.0. The zero-order valence-corrected chi connectivity index (χ0v) is 20.2. The summed E-state index contributed by atoms with van der Waals surface area (Å²) in [5.41, 5.74) is 0.796. The number of carbonyl (C=O) groups is 4. The van der Waals surface area contributed by atoms with E-state index in [1.807, 2.05) is 32.1 Å². The van der Waals surface area contributed by atoms with Crippen molar-refractivity contribution in [3.8, 4) is 0 Å². The number of amides is 4. The third-order valence-electron chi connectivity index (χ3n) is 6.56. The average molecular weight is 474 g/mol. The van der Waals surface area contributed by atoms with Gasteiger partial charge in [0.05, 0.1) is 11.8 Å². The fourth-order valence-electron chi connectivity index (χ4n) is 4.32. The van der Waals surface area contributed by atoms with Crippen LogP contribution >= 0.6 is 11.6 Å². The van der Waals surface area contributed by atoms with Crippen molar-refractivity contribution < 1.29 is 19.2 Å². The summed E-state index contributed by atoms with van der Waals surface area (Å²) < 4.78 is 0. The second-order valence-corrected chi connectivity index (χ2v) is 9.32. The number of fused-ring (bicyclic) bond motifs is 1. The number of hydrogen-bond acceptors (Lipinski definition) is 4. The summed E-state index contributed by atoms with van der Waals surface area (Å²) in [6, 6.07) is 6.40. The molecule has 4 atom stereocenters. The van der Waals surface area contributed by atoms with Gasteiger partial charge in [0.1, 0.15) is 6.04 Å². The minimum absolute atomic E-state index is 0.0140. The summed E-state index contributed by atoms with van der Waals surface area (Å²) in [5.74, 6) is -1.58. The van der Waals surface area contributed by atoms with Crippen LogP contribution in [-0.2, 0) is 25.7 Å². The third kappa shape index (κ3) is 5.82. The predicted molar refractivity (Wildman–Crippen MR) is 126 cm³/mol. The van der Waals surface area contributed by atoms with Crippen LogP contribution in [0.5, 0.6) is 0 Å². The highest BCUT2D eigenvalue weighted by Crippen LogP contribution is 2.35. The smallest absolute Gasteiger partial charge is 0.242 e. The molecule has 2 aliphatic rings. The molecular weight excluding hydrogens is 442 g/mol. The first-order valence-corrected chi connectivity index (χ1v) is 11.9. The van der Waals surface area contributed by atoms with Crippen LogP contribution in [0.4, 0.5) is 0 Å². The summed E-state index contributed by atoms with van der Waals surface area (Å²) >= 11 is 6.11. The quantitative estimate of drug-likeness (QED) is 0.440. The Morgan fingerprint density at radius 1 is 1.15 bits per heavy atom. The fourth-order valence-corrected chi connectivity index (χ4v) is 4.53. The summed E-state index contributed by atoms with van der Waals surface area (Å²) in [6.07, 6.45) is 5.74. The molecule has 1 heterocycles. The van der Waals surface area contributed by atoms with Crippen molar-refractivity contribution in [1.29, 1.82) is 0 Å². The first-order chi connectivity index (χ1) is 15.7. The molecule has 1 aliphatic carbocycles. The van der Waals surface area contributed by atoms with Crippen LogP contribution in [0.2, 0.25) is 5.02 Å². The number of nitrogens with zero attached hydrogens (tertiary/aromatic N) is 2. The van der Waals surface area contributed by atoms with Gasteiger partial charge < -0.3 is 10.2 Å². The molecule has 1 aromatic carbocycles. The normalized spacial score (nSPS) is 21.5. The first-order valence-electron chi connectivity index (χ1n) is 11.6. The van der Waals surface area contributed by atoms with E-state index in [1.54, 1.807) is 25.1 Å². The molecule has 1 saturated heterocycles. The second-order valence-electron chi connectivity index (χ2n) is 8.88. The monoisotopic (exact) mass is 473 g/mol. The average Bonchev–Trinajstić information content (AvgIpc) is 3.05. The molecule has 1 aromatic rings. The van der Waals surface area contributed by atoms with E-state index in [4.69, 9.17) is 11.6 Å². The van der Waals surface area contributed by atoms with Gasteiger partial charge in [0.2, 0.25) is 23.6 Å². The van der Waals surface area contributed by atoms with Crippen molar-refractivity contribution in [2.75, 3.05) is 6.54 Å². The van der Waals surface area contributed by atoms with E-state index in [2.05, 4.69) is 5.32 Å². The topological polar surface area (TPSA) is 86.8 Å². The van der Waals surface area contributed by atoms with Gasteiger partial charge in [-0.1, -0.05) is 42.8 Å². The van der Waals surface area contributed by atoms with Crippen molar-refractivity contribution in [2.24, 2.45) is 11.8 Å². The van der Waals surface area contributed by atoms with Gasteiger partial charge in [0.25, 0.3) is 0 Å². The minimum atomic E-state index is -0.720. The molecule has 8 heteroatoms. The summed E-state index contributed by atoms with van der Waals surface area (Å²) in [6.45, 7) is 5.79. The highest BCUT2D eigenvalue weighted by molar-refractivity contribution is 6.30. The number of allylic oxidation sites excluding steroid dienone is 2. The number of benzene rings is 1. The Bertz CT molecular complexity index is 921. The zero-order valence-electron chi connectivity index (χ0n) is 19.4. The molecule has 178 valence electrons. The van der Waals surface area contributed by atoms with Gasteiger partial charge >= 0.3 is 0 Å². The lowest BCUT2D eigenvalue weighted by Crippen LogP contribution is -2.50. The lowest BCUT2D eigenvalue weighted by Gasteiger charge is -2.30. The molecule has 1 aliphatic heterocycles. The van der Waals surface area contributed by atoms with E-state index in [0.717, 1.165) is 12.0 Å². The lowest BCUT2D eigenvalue weighted by molar-refractivity contribution is -0.143. The maximum atomic E-state index is 13.3. The molecule has 3 rings (SSSR count). The Kier molecular flexibility index (Phi) is 8.30. The van der Waals surface area contributed by atoms with Crippen molar-refractivity contribution in [3.63, 3.8) is 0 Å². The summed E-state index contributed by atoms with van der Waals surface area (Å²) in [4.78, 5) is 54.2. The molecule has 0 aromatic heterocycles. The summed E-state index contributed by atoms with van der Waals surface area (Å²) in [5, 5.41) is 3.47. The van der Waals surface area contributed by atoms with Crippen molar-refractivity contribution in [1.82, 2.24) is 15.1 Å². The molecule has 1 N–H and O–H groups in total. The molecule has 7 nitrogen and oxygen atoms in total. The maximum absolute atomic E-state index is 13.3. The van der Waals surface area contributed by atoms with Crippen LogP contribution in [0.25, 0.3) is 0 Å². The van der Waals surface area contributed by atoms with Crippen molar-refractivity contribution >= 4 is 35.2 Å². The highest BCUT2D eigenvalue weighted by Gasteiger charge is 2.47. The number of likely N-dealkylation sites (tertiary alicyclic amines) is 1. The molecule has 0 radical (unpaired) electrons. The molecule has 0 bridgehead atoms. The Labute approximate surface area is 200 Å². The number of halogens is 1. The van der Waals surface area contributed by atoms with Gasteiger partial charge in [-0.2, -0.15) is 0 Å². The Hall–Kier alpha value is -2.67. The number of nitrogens with one attached hydrogen (secondary N) is 1. The summed E-state index contributed by atoms with van der Waals surface area (Å²) in [7, 11) is 0. The van der Waals surface area contributed by atoms with Gasteiger partial charge in [-0.25, -0.2) is 0 Å². The van der Waals surface area contributed by atoms with Crippen molar-refractivity contribution in [3.05, 3.63) is 47.0 Å². The Morgan fingerprint density at radius 2 is 1.79 bits per heavy atom. The van der Waals surface area contributed by atoms with Crippen LogP contribution in [0.1, 0.15) is 52.0 Å². The fraction of sp³-hybridized carbons (Fsp3) is 0.520. The highest BCUT2D eigenvalue weighted by atomic mass is 35.5. The number of rotatable bonds is 9. The molecule has 2 unspecified atom stereocenters. The van der Waals surface area contributed by atoms with E-state index >= 15 is 0 Å². The Morgan fingerprint density at radius 3 is 2.36 bits per heavy atom. The van der Waals surface area contributed by atoms with Crippen LogP contribution in [0.3, 0.4) is 0 Å². The van der Waals surface area contributed by atoms with Crippen LogP contribution < -0.4 is 5.32 Å². The minimum Gasteiger partial charge on any atom is -0.352 e.